The number of rotatable bonds is 4. The number of aromatic nitrogens is 4. The third-order valence-corrected chi connectivity index (χ3v) is 4.72. The molecular formula is C14H18IN5. The van der Waals surface area contributed by atoms with E-state index in [1.807, 2.05) is 24.9 Å². The number of anilines is 1. The maximum atomic E-state index is 4.81. The standard InChI is InChI=1S/C14H18IN5/c1-4-16-14-11(15)12(9-5-6-9)18-13(19-14)10-7-17-20(3)8(10)2/h7,9H,4-6H2,1-3H3,(H,16,18,19). The molecule has 6 heteroatoms. The lowest BCUT2D eigenvalue weighted by molar-refractivity contribution is 0.740. The second-order valence-corrected chi connectivity index (χ2v) is 6.25. The molecule has 2 aromatic heterocycles. The minimum Gasteiger partial charge on any atom is -0.369 e. The summed E-state index contributed by atoms with van der Waals surface area (Å²) in [6, 6.07) is 0. The lowest BCUT2D eigenvalue weighted by Gasteiger charge is -2.11. The molecule has 3 rings (SSSR count). The summed E-state index contributed by atoms with van der Waals surface area (Å²) in [5.74, 6) is 2.34. The van der Waals surface area contributed by atoms with Gasteiger partial charge < -0.3 is 5.32 Å². The topological polar surface area (TPSA) is 55.6 Å². The Labute approximate surface area is 132 Å². The zero-order valence-electron chi connectivity index (χ0n) is 11.9. The summed E-state index contributed by atoms with van der Waals surface area (Å²) in [4.78, 5) is 9.50. The van der Waals surface area contributed by atoms with E-state index in [2.05, 4.69) is 39.9 Å². The molecule has 2 aromatic rings. The Balaban J connectivity index is 2.13. The predicted octanol–water partition coefficient (Wildman–Crippen LogP) is 3.10. The van der Waals surface area contributed by atoms with E-state index in [0.717, 1.165) is 33.0 Å². The van der Waals surface area contributed by atoms with Crippen LogP contribution in [-0.2, 0) is 7.05 Å². The SMILES string of the molecule is CCNc1nc(-c2cnn(C)c2C)nc(C2CC2)c1I. The maximum Gasteiger partial charge on any atom is 0.165 e. The summed E-state index contributed by atoms with van der Waals surface area (Å²) >= 11 is 2.36. The van der Waals surface area contributed by atoms with Crippen molar-refractivity contribution in [3.8, 4) is 11.4 Å². The molecule has 0 unspecified atom stereocenters. The van der Waals surface area contributed by atoms with Gasteiger partial charge in [0, 0.05) is 25.2 Å². The molecule has 5 nitrogen and oxygen atoms in total. The maximum absolute atomic E-state index is 4.81. The average molecular weight is 383 g/mol. The molecule has 0 saturated heterocycles. The highest BCUT2D eigenvalue weighted by Gasteiger charge is 2.29. The molecule has 0 amide bonds. The molecule has 106 valence electrons. The zero-order chi connectivity index (χ0) is 14.3. The van der Waals surface area contributed by atoms with E-state index in [0.29, 0.717) is 5.92 Å². The summed E-state index contributed by atoms with van der Waals surface area (Å²) < 4.78 is 3.03. The van der Waals surface area contributed by atoms with E-state index < -0.39 is 0 Å². The van der Waals surface area contributed by atoms with Crippen molar-refractivity contribution in [2.24, 2.45) is 7.05 Å². The van der Waals surface area contributed by atoms with Gasteiger partial charge in [-0.3, -0.25) is 4.68 Å². The van der Waals surface area contributed by atoms with Crippen molar-refractivity contribution in [3.05, 3.63) is 21.2 Å². The van der Waals surface area contributed by atoms with Crippen LogP contribution in [0.2, 0.25) is 0 Å². The molecule has 1 fully saturated rings. The van der Waals surface area contributed by atoms with E-state index in [9.17, 15) is 0 Å². The summed E-state index contributed by atoms with van der Waals surface area (Å²) in [6.07, 6.45) is 4.33. The molecule has 20 heavy (non-hydrogen) atoms. The van der Waals surface area contributed by atoms with Crippen LogP contribution in [0.1, 0.15) is 37.1 Å². The smallest absolute Gasteiger partial charge is 0.165 e. The fraction of sp³-hybridized carbons (Fsp3) is 0.500. The lowest BCUT2D eigenvalue weighted by Crippen LogP contribution is -2.08. The molecule has 0 aliphatic heterocycles. The summed E-state index contributed by atoms with van der Waals surface area (Å²) in [5, 5.41) is 7.64. The molecular weight excluding hydrogens is 365 g/mol. The molecule has 0 atom stereocenters. The highest BCUT2D eigenvalue weighted by Crippen LogP contribution is 2.43. The first-order chi connectivity index (χ1) is 9.61. The number of hydrogen-bond donors (Lipinski definition) is 1. The largest absolute Gasteiger partial charge is 0.369 e. The van der Waals surface area contributed by atoms with Crippen molar-refractivity contribution in [1.29, 1.82) is 0 Å². The van der Waals surface area contributed by atoms with Crippen molar-refractivity contribution in [1.82, 2.24) is 19.7 Å². The van der Waals surface area contributed by atoms with Crippen molar-refractivity contribution in [2.45, 2.75) is 32.6 Å². The fourth-order valence-electron chi connectivity index (χ4n) is 2.21. The van der Waals surface area contributed by atoms with Crippen LogP contribution < -0.4 is 5.32 Å². The highest BCUT2D eigenvalue weighted by molar-refractivity contribution is 14.1. The van der Waals surface area contributed by atoms with Crippen LogP contribution in [0.3, 0.4) is 0 Å². The van der Waals surface area contributed by atoms with Gasteiger partial charge in [-0.25, -0.2) is 9.97 Å². The zero-order valence-corrected chi connectivity index (χ0v) is 14.1. The van der Waals surface area contributed by atoms with Gasteiger partial charge >= 0.3 is 0 Å². The minimum atomic E-state index is 0.609. The van der Waals surface area contributed by atoms with Crippen LogP contribution in [-0.4, -0.2) is 26.3 Å². The van der Waals surface area contributed by atoms with Crippen LogP contribution in [0.15, 0.2) is 6.20 Å². The number of hydrogen-bond acceptors (Lipinski definition) is 4. The molecule has 0 bridgehead atoms. The summed E-state index contributed by atoms with van der Waals surface area (Å²) in [6.45, 7) is 5.00. The second-order valence-electron chi connectivity index (χ2n) is 5.17. The van der Waals surface area contributed by atoms with Crippen LogP contribution in [0.5, 0.6) is 0 Å². The Kier molecular flexibility index (Phi) is 3.66. The second kappa shape index (κ2) is 5.31. The van der Waals surface area contributed by atoms with Crippen LogP contribution in [0.4, 0.5) is 5.82 Å². The molecule has 2 heterocycles. The Morgan fingerprint density at radius 3 is 2.70 bits per heavy atom. The van der Waals surface area contributed by atoms with Crippen molar-refractivity contribution in [3.63, 3.8) is 0 Å². The first-order valence-electron chi connectivity index (χ1n) is 6.92. The summed E-state index contributed by atoms with van der Waals surface area (Å²) in [7, 11) is 1.94. The molecule has 0 radical (unpaired) electrons. The van der Waals surface area contributed by atoms with E-state index in [-0.39, 0.29) is 0 Å². The van der Waals surface area contributed by atoms with Gasteiger partial charge in [0.25, 0.3) is 0 Å². The van der Waals surface area contributed by atoms with Crippen molar-refractivity contribution in [2.75, 3.05) is 11.9 Å². The van der Waals surface area contributed by atoms with Gasteiger partial charge in [0.1, 0.15) is 5.82 Å². The van der Waals surface area contributed by atoms with Gasteiger partial charge in [0.2, 0.25) is 0 Å². The van der Waals surface area contributed by atoms with E-state index in [4.69, 9.17) is 9.97 Å². The van der Waals surface area contributed by atoms with Crippen molar-refractivity contribution >= 4 is 28.4 Å². The van der Waals surface area contributed by atoms with Crippen LogP contribution in [0, 0.1) is 10.5 Å². The Hall–Kier alpha value is -1.18. The normalized spacial score (nSPS) is 14.6. The Bertz CT molecular complexity index is 645. The first kappa shape index (κ1) is 13.8. The molecule has 1 N–H and O–H groups in total. The third-order valence-electron chi connectivity index (χ3n) is 3.66. The monoisotopic (exact) mass is 383 g/mol. The quantitative estimate of drug-likeness (QED) is 0.825. The van der Waals surface area contributed by atoms with E-state index in [1.165, 1.54) is 18.5 Å². The van der Waals surface area contributed by atoms with Crippen LogP contribution >= 0.6 is 22.6 Å². The number of halogens is 1. The van der Waals surface area contributed by atoms with Crippen LogP contribution in [0.25, 0.3) is 11.4 Å². The Morgan fingerprint density at radius 2 is 2.15 bits per heavy atom. The highest BCUT2D eigenvalue weighted by atomic mass is 127. The Morgan fingerprint density at radius 1 is 1.40 bits per heavy atom. The van der Waals surface area contributed by atoms with E-state index in [1.54, 1.807) is 0 Å². The fourth-order valence-corrected chi connectivity index (χ4v) is 3.09. The van der Waals surface area contributed by atoms with Crippen molar-refractivity contribution < 1.29 is 0 Å². The van der Waals surface area contributed by atoms with Gasteiger partial charge in [-0.15, -0.1) is 0 Å². The van der Waals surface area contributed by atoms with Gasteiger partial charge in [-0.05, 0) is 49.3 Å². The first-order valence-corrected chi connectivity index (χ1v) is 8.00. The average Bonchev–Trinajstić information content (AvgIpc) is 3.21. The molecule has 1 aliphatic carbocycles. The van der Waals surface area contributed by atoms with Gasteiger partial charge in [-0.1, -0.05) is 0 Å². The summed E-state index contributed by atoms with van der Waals surface area (Å²) in [5.41, 5.74) is 3.30. The minimum absolute atomic E-state index is 0.609. The number of nitrogens with zero attached hydrogens (tertiary/aromatic N) is 4. The van der Waals surface area contributed by atoms with E-state index >= 15 is 0 Å². The molecule has 1 aliphatic rings. The third kappa shape index (κ3) is 2.41. The number of aryl methyl sites for hydroxylation is 1. The van der Waals surface area contributed by atoms with Gasteiger partial charge in [0.05, 0.1) is 21.0 Å². The number of nitrogens with one attached hydrogen (secondary N) is 1. The van der Waals surface area contributed by atoms with Gasteiger partial charge in [0.15, 0.2) is 5.82 Å². The molecule has 1 saturated carbocycles. The molecule has 0 spiro atoms. The predicted molar refractivity (Wildman–Crippen MR) is 87.8 cm³/mol. The lowest BCUT2D eigenvalue weighted by atomic mass is 10.2. The van der Waals surface area contributed by atoms with Gasteiger partial charge in [-0.2, -0.15) is 5.10 Å². The molecule has 0 aromatic carbocycles.